The Morgan fingerprint density at radius 2 is 1.74 bits per heavy atom. The molecule has 7 nitrogen and oxygen atoms in total. The SMILES string of the molecule is CC(C)CS(=O)(=O)C1CN(C(=O)CCNS(=O)(=O)c2c(Cl)cccc2Cl)C1. The van der Waals surface area contributed by atoms with E-state index in [1.807, 2.05) is 13.8 Å². The molecule has 1 aliphatic heterocycles. The van der Waals surface area contributed by atoms with Crippen LogP contribution in [0.5, 0.6) is 0 Å². The molecule has 27 heavy (non-hydrogen) atoms. The van der Waals surface area contributed by atoms with Crippen LogP contribution in [0.2, 0.25) is 10.0 Å². The van der Waals surface area contributed by atoms with Crippen molar-refractivity contribution in [2.45, 2.75) is 30.4 Å². The lowest BCUT2D eigenvalue weighted by Crippen LogP contribution is -2.57. The third-order valence-electron chi connectivity index (χ3n) is 4.09. The van der Waals surface area contributed by atoms with Crippen LogP contribution in [0.4, 0.5) is 0 Å². The first-order valence-corrected chi connectivity index (χ1v) is 12.3. The summed E-state index contributed by atoms with van der Waals surface area (Å²) < 4.78 is 51.1. The maximum absolute atomic E-state index is 12.3. The number of sulfone groups is 1. The van der Waals surface area contributed by atoms with Crippen molar-refractivity contribution in [1.82, 2.24) is 9.62 Å². The lowest BCUT2D eigenvalue weighted by Gasteiger charge is -2.39. The van der Waals surface area contributed by atoms with Gasteiger partial charge in [0, 0.05) is 26.1 Å². The van der Waals surface area contributed by atoms with Gasteiger partial charge in [-0.3, -0.25) is 4.79 Å². The van der Waals surface area contributed by atoms with E-state index in [9.17, 15) is 21.6 Å². The third kappa shape index (κ3) is 5.57. The molecule has 1 heterocycles. The molecule has 11 heteroatoms. The number of amides is 1. The number of carbonyl (C=O) groups excluding carboxylic acids is 1. The topological polar surface area (TPSA) is 101 Å². The second-order valence-electron chi connectivity index (χ2n) is 6.84. The van der Waals surface area contributed by atoms with Gasteiger partial charge in [0.25, 0.3) is 0 Å². The van der Waals surface area contributed by atoms with E-state index in [2.05, 4.69) is 4.72 Å². The van der Waals surface area contributed by atoms with Gasteiger partial charge < -0.3 is 4.90 Å². The first-order chi connectivity index (χ1) is 12.4. The molecular formula is C16H22Cl2N2O5S2. The fourth-order valence-electron chi connectivity index (χ4n) is 2.73. The molecule has 0 aliphatic carbocycles. The number of hydrogen-bond donors (Lipinski definition) is 1. The molecule has 1 fully saturated rings. The first-order valence-electron chi connectivity index (χ1n) is 8.37. The second kappa shape index (κ2) is 8.65. The van der Waals surface area contributed by atoms with Gasteiger partial charge in [0.1, 0.15) is 4.90 Å². The predicted molar refractivity (Wildman–Crippen MR) is 105 cm³/mol. The molecule has 152 valence electrons. The molecular weight excluding hydrogens is 435 g/mol. The average molecular weight is 457 g/mol. The van der Waals surface area contributed by atoms with Crippen LogP contribution in [0.3, 0.4) is 0 Å². The maximum atomic E-state index is 12.3. The molecule has 1 amide bonds. The summed E-state index contributed by atoms with van der Waals surface area (Å²) in [4.78, 5) is 13.3. The lowest BCUT2D eigenvalue weighted by atomic mass is 10.2. The molecule has 1 aliphatic rings. The van der Waals surface area contributed by atoms with Crippen LogP contribution in [0.25, 0.3) is 0 Å². The minimum Gasteiger partial charge on any atom is -0.340 e. The van der Waals surface area contributed by atoms with Crippen molar-refractivity contribution >= 4 is 49.0 Å². The fourth-order valence-corrected chi connectivity index (χ4v) is 6.92. The van der Waals surface area contributed by atoms with Crippen LogP contribution < -0.4 is 4.72 Å². The summed E-state index contributed by atoms with van der Waals surface area (Å²) in [7, 11) is -7.17. The predicted octanol–water partition coefficient (Wildman–Crippen LogP) is 1.94. The van der Waals surface area contributed by atoms with E-state index >= 15 is 0 Å². The minimum atomic E-state index is -3.96. The van der Waals surface area contributed by atoms with Gasteiger partial charge in [-0.1, -0.05) is 43.1 Å². The second-order valence-corrected chi connectivity index (χ2v) is 11.7. The van der Waals surface area contributed by atoms with Crippen molar-refractivity contribution in [2.75, 3.05) is 25.4 Å². The number of halogens is 2. The Morgan fingerprint density at radius 3 is 2.26 bits per heavy atom. The van der Waals surface area contributed by atoms with Crippen molar-refractivity contribution in [1.29, 1.82) is 0 Å². The molecule has 0 saturated carbocycles. The molecule has 0 unspecified atom stereocenters. The molecule has 0 radical (unpaired) electrons. The van der Waals surface area contributed by atoms with Gasteiger partial charge in [0.2, 0.25) is 15.9 Å². The van der Waals surface area contributed by atoms with Gasteiger partial charge in [-0.05, 0) is 18.1 Å². The number of hydrogen-bond acceptors (Lipinski definition) is 5. The normalized spacial score (nSPS) is 15.8. The van der Waals surface area contributed by atoms with E-state index in [0.717, 1.165) is 0 Å². The standard InChI is InChI=1S/C16H22Cl2N2O5S2/c1-11(2)10-26(22,23)12-8-20(9-12)15(21)6-7-19-27(24,25)16-13(17)4-3-5-14(16)18/h3-5,11-12,19H,6-10H2,1-2H3. The summed E-state index contributed by atoms with van der Waals surface area (Å²) >= 11 is 11.8. The van der Waals surface area contributed by atoms with Crippen molar-refractivity contribution < 1.29 is 21.6 Å². The summed E-state index contributed by atoms with van der Waals surface area (Å²) in [5.41, 5.74) is 0. The molecule has 0 atom stereocenters. The first kappa shape index (κ1) is 22.4. The summed E-state index contributed by atoms with van der Waals surface area (Å²) in [6.45, 7) is 3.82. The highest BCUT2D eigenvalue weighted by molar-refractivity contribution is 7.92. The highest BCUT2D eigenvalue weighted by Crippen LogP contribution is 2.28. The Kier molecular flexibility index (Phi) is 7.18. The summed E-state index contributed by atoms with van der Waals surface area (Å²) in [5.74, 6) is -0.178. The lowest BCUT2D eigenvalue weighted by molar-refractivity contribution is -0.134. The molecule has 0 spiro atoms. The van der Waals surface area contributed by atoms with E-state index in [-0.39, 0.29) is 58.6 Å². The van der Waals surface area contributed by atoms with E-state index in [1.54, 1.807) is 0 Å². The Balaban J connectivity index is 1.86. The van der Waals surface area contributed by atoms with E-state index < -0.39 is 25.1 Å². The Morgan fingerprint density at radius 1 is 1.19 bits per heavy atom. The monoisotopic (exact) mass is 456 g/mol. The highest BCUT2D eigenvalue weighted by Gasteiger charge is 2.39. The third-order valence-corrected chi connectivity index (χ3v) is 8.95. The van der Waals surface area contributed by atoms with Gasteiger partial charge in [-0.25, -0.2) is 21.6 Å². The smallest absolute Gasteiger partial charge is 0.243 e. The van der Waals surface area contributed by atoms with Gasteiger partial charge in [-0.15, -0.1) is 0 Å². The Labute approximate surface area is 170 Å². The zero-order chi connectivity index (χ0) is 20.4. The zero-order valence-electron chi connectivity index (χ0n) is 15.0. The van der Waals surface area contributed by atoms with Crippen LogP contribution in [-0.2, 0) is 24.7 Å². The number of rotatable bonds is 8. The number of nitrogens with one attached hydrogen (secondary N) is 1. The minimum absolute atomic E-state index is 0.0118. The molecule has 0 aromatic heterocycles. The molecule has 1 aromatic carbocycles. The Hall–Kier alpha value is -0.870. The molecule has 0 bridgehead atoms. The summed E-state index contributed by atoms with van der Waals surface area (Å²) in [6.07, 6.45) is -0.0851. The fraction of sp³-hybridized carbons (Fsp3) is 0.562. The summed E-state index contributed by atoms with van der Waals surface area (Å²) in [6, 6.07) is 4.34. The van der Waals surface area contributed by atoms with Crippen molar-refractivity contribution in [3.05, 3.63) is 28.2 Å². The maximum Gasteiger partial charge on any atom is 0.243 e. The highest BCUT2D eigenvalue weighted by atomic mass is 35.5. The van der Waals surface area contributed by atoms with Crippen molar-refractivity contribution in [2.24, 2.45) is 5.92 Å². The van der Waals surface area contributed by atoms with E-state index in [1.165, 1.54) is 23.1 Å². The van der Waals surface area contributed by atoms with Crippen LogP contribution >= 0.6 is 23.2 Å². The number of nitrogens with zero attached hydrogens (tertiary/aromatic N) is 1. The van der Waals surface area contributed by atoms with E-state index in [0.29, 0.717) is 0 Å². The molecule has 2 rings (SSSR count). The van der Waals surface area contributed by atoms with Crippen molar-refractivity contribution in [3.63, 3.8) is 0 Å². The van der Waals surface area contributed by atoms with Crippen molar-refractivity contribution in [3.8, 4) is 0 Å². The summed E-state index contributed by atoms with van der Waals surface area (Å²) in [5, 5.41) is -0.563. The van der Waals surface area contributed by atoms with Gasteiger partial charge >= 0.3 is 0 Å². The number of likely N-dealkylation sites (tertiary alicyclic amines) is 1. The van der Waals surface area contributed by atoms with Gasteiger partial charge in [-0.2, -0.15) is 0 Å². The van der Waals surface area contributed by atoms with Crippen LogP contribution in [0.1, 0.15) is 20.3 Å². The van der Waals surface area contributed by atoms with E-state index in [4.69, 9.17) is 23.2 Å². The van der Waals surface area contributed by atoms with Gasteiger partial charge in [0.05, 0.1) is 21.0 Å². The molecule has 1 aromatic rings. The zero-order valence-corrected chi connectivity index (χ0v) is 18.1. The Bertz CT molecular complexity index is 890. The van der Waals surface area contributed by atoms with Gasteiger partial charge in [0.15, 0.2) is 9.84 Å². The van der Waals surface area contributed by atoms with Crippen LogP contribution in [0, 0.1) is 5.92 Å². The number of carbonyl (C=O) groups is 1. The number of sulfonamides is 1. The quantitative estimate of drug-likeness (QED) is 0.643. The molecule has 1 N–H and O–H groups in total. The largest absolute Gasteiger partial charge is 0.340 e. The average Bonchev–Trinajstić information content (AvgIpc) is 2.42. The number of benzene rings is 1. The molecule has 1 saturated heterocycles. The van der Waals surface area contributed by atoms with Crippen LogP contribution in [0.15, 0.2) is 23.1 Å². The van der Waals surface area contributed by atoms with Crippen LogP contribution in [-0.4, -0.2) is 58.3 Å².